The standard InChI is InChI=1S/C23H28N4O3S/c1-18-14-26(15-19(2)30-18)31(28,29)25(3)16-21-17-27(22-12-8-5-9-13-22)24-23(21)20-10-6-4-7-11-20/h4-13,17-19H,14-16H2,1-3H3/t18-,19-/m1/s1. The first kappa shape index (κ1) is 21.7. The quantitative estimate of drug-likeness (QED) is 0.590. The Labute approximate surface area is 184 Å². The minimum atomic E-state index is -3.63. The molecule has 0 bridgehead atoms. The third-order valence-electron chi connectivity index (χ3n) is 5.36. The number of rotatable bonds is 6. The van der Waals surface area contributed by atoms with Crippen LogP contribution in [-0.4, -0.2) is 59.2 Å². The minimum absolute atomic E-state index is 0.132. The summed E-state index contributed by atoms with van der Waals surface area (Å²) in [6.45, 7) is 4.72. The van der Waals surface area contributed by atoms with Crippen LogP contribution in [0, 0.1) is 0 Å². The third kappa shape index (κ3) is 4.72. The lowest BCUT2D eigenvalue weighted by molar-refractivity contribution is -0.0453. The molecule has 1 aromatic heterocycles. The van der Waals surface area contributed by atoms with Crippen molar-refractivity contribution in [2.24, 2.45) is 0 Å². The highest BCUT2D eigenvalue weighted by Crippen LogP contribution is 2.26. The molecular formula is C23H28N4O3S. The van der Waals surface area contributed by atoms with E-state index in [2.05, 4.69) is 0 Å². The molecule has 4 rings (SSSR count). The Bertz CT molecular complexity index is 1110. The molecule has 7 nitrogen and oxygen atoms in total. The Morgan fingerprint density at radius 3 is 2.19 bits per heavy atom. The zero-order valence-electron chi connectivity index (χ0n) is 18.0. The van der Waals surface area contributed by atoms with Gasteiger partial charge in [0.15, 0.2) is 0 Å². The Morgan fingerprint density at radius 1 is 1.00 bits per heavy atom. The summed E-state index contributed by atoms with van der Waals surface area (Å²) < 4.78 is 37.0. The molecule has 2 heterocycles. The van der Waals surface area contributed by atoms with Gasteiger partial charge in [0.25, 0.3) is 10.2 Å². The van der Waals surface area contributed by atoms with Gasteiger partial charge in [-0.25, -0.2) is 4.68 Å². The van der Waals surface area contributed by atoms with Crippen molar-refractivity contribution < 1.29 is 13.2 Å². The molecule has 0 spiro atoms. The van der Waals surface area contributed by atoms with Crippen LogP contribution in [0.25, 0.3) is 16.9 Å². The van der Waals surface area contributed by atoms with Crippen molar-refractivity contribution in [3.63, 3.8) is 0 Å². The van der Waals surface area contributed by atoms with Crippen LogP contribution in [0.2, 0.25) is 0 Å². The molecule has 3 aromatic rings. The molecule has 164 valence electrons. The summed E-state index contributed by atoms with van der Waals surface area (Å²) in [6, 6.07) is 19.7. The average Bonchev–Trinajstić information content (AvgIpc) is 3.18. The second kappa shape index (κ2) is 8.92. The number of para-hydroxylation sites is 1. The maximum atomic E-state index is 13.3. The molecule has 0 unspecified atom stereocenters. The molecule has 31 heavy (non-hydrogen) atoms. The highest BCUT2D eigenvalue weighted by molar-refractivity contribution is 7.86. The number of benzene rings is 2. The van der Waals surface area contributed by atoms with E-state index in [4.69, 9.17) is 9.84 Å². The highest BCUT2D eigenvalue weighted by Gasteiger charge is 2.34. The molecular weight excluding hydrogens is 412 g/mol. The fourth-order valence-corrected chi connectivity index (χ4v) is 5.41. The molecule has 1 fully saturated rings. The third-order valence-corrected chi connectivity index (χ3v) is 7.22. The van der Waals surface area contributed by atoms with Crippen LogP contribution < -0.4 is 0 Å². The van der Waals surface area contributed by atoms with E-state index in [1.54, 1.807) is 11.7 Å². The lowest BCUT2D eigenvalue weighted by Crippen LogP contribution is -2.52. The van der Waals surface area contributed by atoms with Crippen LogP contribution in [0.3, 0.4) is 0 Å². The van der Waals surface area contributed by atoms with Crippen LogP contribution in [0.1, 0.15) is 19.4 Å². The predicted molar refractivity (Wildman–Crippen MR) is 121 cm³/mol. The second-order valence-corrected chi connectivity index (χ2v) is 10.0. The normalized spacial score (nSPS) is 20.3. The molecule has 0 amide bonds. The first-order valence-corrected chi connectivity index (χ1v) is 11.8. The Hall–Kier alpha value is -2.52. The van der Waals surface area contributed by atoms with Crippen LogP contribution in [0.4, 0.5) is 0 Å². The highest BCUT2D eigenvalue weighted by atomic mass is 32.2. The van der Waals surface area contributed by atoms with Gasteiger partial charge >= 0.3 is 0 Å². The summed E-state index contributed by atoms with van der Waals surface area (Å²) >= 11 is 0. The molecule has 1 aliphatic heterocycles. The summed E-state index contributed by atoms with van der Waals surface area (Å²) in [4.78, 5) is 0. The fraction of sp³-hybridized carbons (Fsp3) is 0.348. The fourth-order valence-electron chi connectivity index (χ4n) is 3.92. The molecule has 1 aliphatic rings. The molecule has 0 saturated carbocycles. The SMILES string of the molecule is C[C@@H]1CN(S(=O)(=O)N(C)Cc2cn(-c3ccccc3)nc2-c2ccccc2)C[C@@H](C)O1. The van der Waals surface area contributed by atoms with Crippen molar-refractivity contribution in [3.8, 4) is 16.9 Å². The van der Waals surface area contributed by atoms with E-state index in [1.807, 2.05) is 80.7 Å². The van der Waals surface area contributed by atoms with Gasteiger partial charge in [-0.05, 0) is 26.0 Å². The molecule has 0 aliphatic carbocycles. The maximum absolute atomic E-state index is 13.3. The van der Waals surface area contributed by atoms with Gasteiger partial charge in [-0.1, -0.05) is 48.5 Å². The van der Waals surface area contributed by atoms with Crippen molar-refractivity contribution in [1.29, 1.82) is 0 Å². The predicted octanol–water partition coefficient (Wildman–Crippen LogP) is 3.33. The number of aromatic nitrogens is 2. The zero-order chi connectivity index (χ0) is 22.0. The number of hydrogen-bond acceptors (Lipinski definition) is 4. The average molecular weight is 441 g/mol. The van der Waals surface area contributed by atoms with E-state index in [0.717, 1.165) is 22.5 Å². The first-order chi connectivity index (χ1) is 14.8. The van der Waals surface area contributed by atoms with E-state index in [-0.39, 0.29) is 18.8 Å². The number of ether oxygens (including phenoxy) is 1. The van der Waals surface area contributed by atoms with Crippen molar-refractivity contribution in [2.75, 3.05) is 20.1 Å². The van der Waals surface area contributed by atoms with Gasteiger partial charge in [0.05, 0.1) is 23.6 Å². The number of nitrogens with zero attached hydrogens (tertiary/aromatic N) is 4. The van der Waals surface area contributed by atoms with Crippen LogP contribution in [0.5, 0.6) is 0 Å². The molecule has 1 saturated heterocycles. The van der Waals surface area contributed by atoms with Gasteiger partial charge in [-0.2, -0.15) is 22.1 Å². The van der Waals surface area contributed by atoms with E-state index in [0.29, 0.717) is 13.1 Å². The van der Waals surface area contributed by atoms with Gasteiger partial charge in [-0.3, -0.25) is 0 Å². The minimum Gasteiger partial charge on any atom is -0.373 e. The van der Waals surface area contributed by atoms with Crippen LogP contribution in [-0.2, 0) is 21.5 Å². The Morgan fingerprint density at radius 2 is 1.58 bits per heavy atom. The van der Waals surface area contributed by atoms with Gasteiger partial charge in [0, 0.05) is 44.0 Å². The van der Waals surface area contributed by atoms with Crippen LogP contribution >= 0.6 is 0 Å². The summed E-state index contributed by atoms with van der Waals surface area (Å²) in [5, 5.41) is 4.78. The summed E-state index contributed by atoms with van der Waals surface area (Å²) in [7, 11) is -2.01. The summed E-state index contributed by atoms with van der Waals surface area (Å²) in [5.74, 6) is 0. The molecule has 0 N–H and O–H groups in total. The number of hydrogen-bond donors (Lipinski definition) is 0. The van der Waals surface area contributed by atoms with Crippen molar-refractivity contribution in [3.05, 3.63) is 72.4 Å². The summed E-state index contributed by atoms with van der Waals surface area (Å²) in [6.07, 6.45) is 1.65. The zero-order valence-corrected chi connectivity index (χ0v) is 18.9. The van der Waals surface area contributed by atoms with Gasteiger partial charge in [0.2, 0.25) is 0 Å². The largest absolute Gasteiger partial charge is 0.373 e. The van der Waals surface area contributed by atoms with Crippen LogP contribution in [0.15, 0.2) is 66.9 Å². The van der Waals surface area contributed by atoms with Crippen molar-refractivity contribution in [2.45, 2.75) is 32.6 Å². The van der Waals surface area contributed by atoms with Gasteiger partial charge < -0.3 is 4.74 Å². The van der Waals surface area contributed by atoms with E-state index < -0.39 is 10.2 Å². The topological polar surface area (TPSA) is 67.7 Å². The second-order valence-electron chi connectivity index (χ2n) is 7.99. The van der Waals surface area contributed by atoms with Crippen molar-refractivity contribution in [1.82, 2.24) is 18.4 Å². The Balaban J connectivity index is 1.66. The van der Waals surface area contributed by atoms with Gasteiger partial charge in [-0.15, -0.1) is 0 Å². The first-order valence-electron chi connectivity index (χ1n) is 10.4. The van der Waals surface area contributed by atoms with Crippen molar-refractivity contribution >= 4 is 10.2 Å². The maximum Gasteiger partial charge on any atom is 0.282 e. The molecule has 2 atom stereocenters. The Kier molecular flexibility index (Phi) is 6.24. The lowest BCUT2D eigenvalue weighted by Gasteiger charge is -2.36. The van der Waals surface area contributed by atoms with E-state index in [1.165, 1.54) is 8.61 Å². The molecule has 0 radical (unpaired) electrons. The summed E-state index contributed by atoms with van der Waals surface area (Å²) in [5.41, 5.74) is 3.49. The smallest absolute Gasteiger partial charge is 0.282 e. The lowest BCUT2D eigenvalue weighted by atomic mass is 10.1. The molecule has 8 heteroatoms. The molecule has 2 aromatic carbocycles. The number of morpholine rings is 1. The van der Waals surface area contributed by atoms with Gasteiger partial charge in [0.1, 0.15) is 0 Å². The monoisotopic (exact) mass is 440 g/mol. The van der Waals surface area contributed by atoms with E-state index >= 15 is 0 Å². The van der Waals surface area contributed by atoms with E-state index in [9.17, 15) is 8.42 Å².